The lowest BCUT2D eigenvalue weighted by Crippen LogP contribution is -2.17. The van der Waals surface area contributed by atoms with Gasteiger partial charge in [-0.2, -0.15) is 0 Å². The third kappa shape index (κ3) is 2.07. The quantitative estimate of drug-likeness (QED) is 0.758. The van der Waals surface area contributed by atoms with Gasteiger partial charge in [0.25, 0.3) is 5.56 Å². The highest BCUT2D eigenvalue weighted by Crippen LogP contribution is 2.29. The number of pyridine rings is 1. The summed E-state index contributed by atoms with van der Waals surface area (Å²) in [5.74, 6) is -0.0439. The van der Waals surface area contributed by atoms with Gasteiger partial charge in [-0.15, -0.1) is 0 Å². The van der Waals surface area contributed by atoms with Crippen LogP contribution in [0.4, 0.5) is 0 Å². The Labute approximate surface area is 120 Å². The van der Waals surface area contributed by atoms with Gasteiger partial charge in [0, 0.05) is 11.5 Å². The van der Waals surface area contributed by atoms with Gasteiger partial charge in [-0.25, -0.2) is 4.57 Å². The van der Waals surface area contributed by atoms with Crippen LogP contribution in [0, 0.1) is 0 Å². The van der Waals surface area contributed by atoms with Gasteiger partial charge in [-0.05, 0) is 35.2 Å². The average Bonchev–Trinajstić information content (AvgIpc) is 2.48. The van der Waals surface area contributed by atoms with E-state index in [1.807, 2.05) is 12.1 Å². The molecule has 2 aromatic carbocycles. The topological polar surface area (TPSA) is 62.5 Å². The lowest BCUT2D eigenvalue weighted by Gasteiger charge is -2.12. The highest BCUT2D eigenvalue weighted by atomic mass is 16.3. The highest BCUT2D eigenvalue weighted by Gasteiger charge is 2.12. The van der Waals surface area contributed by atoms with Crippen LogP contribution in [0.1, 0.15) is 5.56 Å². The van der Waals surface area contributed by atoms with Crippen molar-refractivity contribution < 1.29 is 10.2 Å². The van der Waals surface area contributed by atoms with E-state index in [1.165, 1.54) is 22.8 Å². The van der Waals surface area contributed by atoms with Gasteiger partial charge < -0.3 is 10.2 Å². The number of phenolic OH excluding ortho intramolecular Hbond substituents is 1. The molecule has 0 aliphatic heterocycles. The molecule has 1 heterocycles. The molecule has 1 aromatic heterocycles. The summed E-state index contributed by atoms with van der Waals surface area (Å²) in [4.78, 5) is 12.3. The Morgan fingerprint density at radius 2 is 1.76 bits per heavy atom. The molecule has 0 amide bonds. The largest absolute Gasteiger partial charge is 0.508 e. The number of benzene rings is 2. The minimum atomic E-state index is -0.341. The standard InChI is InChI=1S/C17H13NO3/c1-2-11-4-3-5-12-10-15(20)18(17(21)16(11)12)13-6-8-14(19)9-7-13/h2-10,19,21H,1H2. The van der Waals surface area contributed by atoms with Crippen molar-refractivity contribution in [1.29, 1.82) is 0 Å². The highest BCUT2D eigenvalue weighted by molar-refractivity contribution is 5.94. The van der Waals surface area contributed by atoms with Crippen molar-refractivity contribution in [2.24, 2.45) is 0 Å². The number of aromatic hydroxyl groups is 2. The number of rotatable bonds is 2. The van der Waals surface area contributed by atoms with E-state index in [2.05, 4.69) is 6.58 Å². The summed E-state index contributed by atoms with van der Waals surface area (Å²) in [6.45, 7) is 3.73. The number of aromatic nitrogens is 1. The molecule has 21 heavy (non-hydrogen) atoms. The summed E-state index contributed by atoms with van der Waals surface area (Å²) < 4.78 is 1.20. The molecule has 2 N–H and O–H groups in total. The number of hydrogen-bond donors (Lipinski definition) is 2. The van der Waals surface area contributed by atoms with Crippen molar-refractivity contribution >= 4 is 16.8 Å². The molecule has 0 saturated carbocycles. The normalized spacial score (nSPS) is 10.7. The second-order valence-corrected chi connectivity index (χ2v) is 4.67. The number of hydrogen-bond acceptors (Lipinski definition) is 3. The molecule has 104 valence electrons. The van der Waals surface area contributed by atoms with Crippen molar-refractivity contribution in [3.8, 4) is 17.3 Å². The first-order chi connectivity index (χ1) is 10.1. The molecule has 0 radical (unpaired) electrons. The zero-order valence-electron chi connectivity index (χ0n) is 11.2. The summed E-state index contributed by atoms with van der Waals surface area (Å²) in [6.07, 6.45) is 1.63. The predicted octanol–water partition coefficient (Wildman–Crippen LogP) is 3.04. The maximum Gasteiger partial charge on any atom is 0.258 e. The van der Waals surface area contributed by atoms with Crippen LogP contribution >= 0.6 is 0 Å². The predicted molar refractivity (Wildman–Crippen MR) is 83.0 cm³/mol. The minimum Gasteiger partial charge on any atom is -0.508 e. The fourth-order valence-corrected chi connectivity index (χ4v) is 2.40. The Hall–Kier alpha value is -3.01. The van der Waals surface area contributed by atoms with E-state index in [4.69, 9.17) is 0 Å². The van der Waals surface area contributed by atoms with E-state index < -0.39 is 0 Å². The maximum atomic E-state index is 12.3. The molecule has 3 rings (SSSR count). The molecule has 0 fully saturated rings. The van der Waals surface area contributed by atoms with Crippen molar-refractivity contribution in [3.05, 3.63) is 71.0 Å². The van der Waals surface area contributed by atoms with E-state index >= 15 is 0 Å². The number of fused-ring (bicyclic) bond motifs is 1. The average molecular weight is 279 g/mol. The first-order valence-corrected chi connectivity index (χ1v) is 6.41. The summed E-state index contributed by atoms with van der Waals surface area (Å²) >= 11 is 0. The third-order valence-corrected chi connectivity index (χ3v) is 3.39. The van der Waals surface area contributed by atoms with Crippen LogP contribution < -0.4 is 5.56 Å². The Bertz CT molecular complexity index is 892. The Morgan fingerprint density at radius 3 is 2.43 bits per heavy atom. The van der Waals surface area contributed by atoms with Crippen LogP contribution in [-0.2, 0) is 0 Å². The first kappa shape index (κ1) is 13.0. The van der Waals surface area contributed by atoms with E-state index in [0.717, 1.165) is 5.56 Å². The lowest BCUT2D eigenvalue weighted by molar-refractivity contribution is 0.442. The Morgan fingerprint density at radius 1 is 1.05 bits per heavy atom. The van der Waals surface area contributed by atoms with Crippen LogP contribution in [0.15, 0.2) is 59.9 Å². The molecule has 0 aliphatic carbocycles. The summed E-state index contributed by atoms with van der Waals surface area (Å²) in [6, 6.07) is 12.9. The molecule has 0 atom stereocenters. The maximum absolute atomic E-state index is 12.3. The van der Waals surface area contributed by atoms with Gasteiger partial charge in [0.05, 0.1) is 5.69 Å². The van der Waals surface area contributed by atoms with Gasteiger partial charge in [-0.3, -0.25) is 4.79 Å². The third-order valence-electron chi connectivity index (χ3n) is 3.39. The molecule has 0 saturated heterocycles. The molecule has 0 spiro atoms. The smallest absolute Gasteiger partial charge is 0.258 e. The van der Waals surface area contributed by atoms with E-state index in [-0.39, 0.29) is 17.2 Å². The van der Waals surface area contributed by atoms with Crippen molar-refractivity contribution in [2.75, 3.05) is 0 Å². The molecule has 3 aromatic rings. The Kier molecular flexibility index (Phi) is 2.99. The summed E-state index contributed by atoms with van der Waals surface area (Å²) in [7, 11) is 0. The molecule has 0 aliphatic rings. The molecule has 4 nitrogen and oxygen atoms in total. The van der Waals surface area contributed by atoms with Gasteiger partial charge in [-0.1, -0.05) is 30.9 Å². The van der Waals surface area contributed by atoms with E-state index in [0.29, 0.717) is 16.5 Å². The number of nitrogens with zero attached hydrogens (tertiary/aromatic N) is 1. The monoisotopic (exact) mass is 279 g/mol. The molecular weight excluding hydrogens is 266 g/mol. The molecule has 0 bridgehead atoms. The van der Waals surface area contributed by atoms with Gasteiger partial charge in [0.1, 0.15) is 5.75 Å². The van der Waals surface area contributed by atoms with Crippen LogP contribution in [0.25, 0.3) is 22.5 Å². The van der Waals surface area contributed by atoms with Crippen LogP contribution in [-0.4, -0.2) is 14.8 Å². The lowest BCUT2D eigenvalue weighted by atomic mass is 10.1. The van der Waals surface area contributed by atoms with Gasteiger partial charge in [0.15, 0.2) is 0 Å². The number of phenols is 1. The second-order valence-electron chi connectivity index (χ2n) is 4.67. The zero-order chi connectivity index (χ0) is 15.0. The van der Waals surface area contributed by atoms with Gasteiger partial charge >= 0.3 is 0 Å². The Balaban J connectivity index is 2.41. The van der Waals surface area contributed by atoms with E-state index in [1.54, 1.807) is 24.3 Å². The summed E-state index contributed by atoms with van der Waals surface area (Å²) in [5, 5.41) is 21.1. The van der Waals surface area contributed by atoms with Crippen LogP contribution in [0.3, 0.4) is 0 Å². The summed E-state index contributed by atoms with van der Waals surface area (Å²) in [5.41, 5.74) is 0.889. The van der Waals surface area contributed by atoms with Gasteiger partial charge in [0.2, 0.25) is 5.88 Å². The van der Waals surface area contributed by atoms with E-state index in [9.17, 15) is 15.0 Å². The van der Waals surface area contributed by atoms with Crippen molar-refractivity contribution in [3.63, 3.8) is 0 Å². The molecule has 4 heteroatoms. The second kappa shape index (κ2) is 4.83. The minimum absolute atomic E-state index is 0.0962. The van der Waals surface area contributed by atoms with Crippen LogP contribution in [0.2, 0.25) is 0 Å². The molecular formula is C17H13NO3. The molecule has 0 unspecified atom stereocenters. The SMILES string of the molecule is C=Cc1cccc2cc(=O)n(-c3ccc(O)cc3)c(O)c12. The zero-order valence-corrected chi connectivity index (χ0v) is 11.2. The fraction of sp³-hybridized carbons (Fsp3) is 0. The van der Waals surface area contributed by atoms with Crippen molar-refractivity contribution in [2.45, 2.75) is 0 Å². The fourth-order valence-electron chi connectivity index (χ4n) is 2.40. The van der Waals surface area contributed by atoms with Crippen molar-refractivity contribution in [1.82, 2.24) is 4.57 Å². The first-order valence-electron chi connectivity index (χ1n) is 6.41. The van der Waals surface area contributed by atoms with Crippen LogP contribution in [0.5, 0.6) is 11.6 Å².